The molecule has 0 spiro atoms. The van der Waals surface area contributed by atoms with Crippen molar-refractivity contribution in [2.75, 3.05) is 32.2 Å². The normalized spacial score (nSPS) is 9.87. The number of esters is 3. The zero-order valence-electron chi connectivity index (χ0n) is 13.0. The number of methoxy groups -OCH3 is 1. The van der Waals surface area contributed by atoms with Crippen molar-refractivity contribution in [1.29, 1.82) is 0 Å². The minimum atomic E-state index is -0.932. The summed E-state index contributed by atoms with van der Waals surface area (Å²) in [5, 5.41) is 4.73. The highest BCUT2D eigenvalue weighted by molar-refractivity contribution is 7.15. The lowest BCUT2D eigenvalue weighted by molar-refractivity contribution is -0.152. The maximum atomic E-state index is 12.0. The Kier molecular flexibility index (Phi) is 7.20. The van der Waals surface area contributed by atoms with E-state index in [1.807, 2.05) is 0 Å². The Morgan fingerprint density at radius 1 is 1.17 bits per heavy atom. The molecule has 1 aromatic rings. The fourth-order valence-electron chi connectivity index (χ4n) is 1.56. The third kappa shape index (κ3) is 5.06. The van der Waals surface area contributed by atoms with E-state index in [1.165, 1.54) is 12.5 Å². The van der Waals surface area contributed by atoms with Gasteiger partial charge in [-0.1, -0.05) is 0 Å². The summed E-state index contributed by atoms with van der Waals surface area (Å²) in [5.41, 5.74) is 0.167. The molecular formula is C14H17NO7S. The summed E-state index contributed by atoms with van der Waals surface area (Å²) in [6.07, 6.45) is 0. The van der Waals surface area contributed by atoms with Crippen LogP contribution in [0.15, 0.2) is 5.38 Å². The molecule has 8 nitrogen and oxygen atoms in total. The number of carbonyl (C=O) groups excluding carboxylic acids is 4. The number of ketones is 1. The summed E-state index contributed by atoms with van der Waals surface area (Å²) in [6, 6.07) is 0. The summed E-state index contributed by atoms with van der Waals surface area (Å²) in [7, 11) is 1.21. The van der Waals surface area contributed by atoms with Crippen LogP contribution in [0.25, 0.3) is 0 Å². The van der Waals surface area contributed by atoms with E-state index < -0.39 is 23.7 Å². The molecule has 0 amide bonds. The number of Topliss-reactive ketones (excluding diaryl/α,β-unsaturated/α-hetero) is 1. The lowest BCUT2D eigenvalue weighted by Crippen LogP contribution is -2.19. The van der Waals surface area contributed by atoms with E-state index in [0.717, 1.165) is 18.3 Å². The Hall–Kier alpha value is -2.42. The topological polar surface area (TPSA) is 108 Å². The number of thiophene rings is 1. The van der Waals surface area contributed by atoms with Gasteiger partial charge < -0.3 is 19.5 Å². The van der Waals surface area contributed by atoms with Gasteiger partial charge in [0, 0.05) is 18.8 Å². The van der Waals surface area contributed by atoms with E-state index in [1.54, 1.807) is 6.92 Å². The van der Waals surface area contributed by atoms with Crippen LogP contribution in [0.4, 0.5) is 5.00 Å². The molecule has 0 saturated carbocycles. The second kappa shape index (κ2) is 8.89. The Morgan fingerprint density at radius 3 is 2.43 bits per heavy atom. The highest BCUT2D eigenvalue weighted by Gasteiger charge is 2.25. The first kappa shape index (κ1) is 18.6. The van der Waals surface area contributed by atoms with Crippen LogP contribution >= 0.6 is 11.3 Å². The van der Waals surface area contributed by atoms with Crippen molar-refractivity contribution in [3.63, 3.8) is 0 Å². The molecular weight excluding hydrogens is 326 g/mol. The van der Waals surface area contributed by atoms with Crippen LogP contribution in [-0.4, -0.2) is 50.6 Å². The first-order valence-corrected chi connectivity index (χ1v) is 7.58. The molecule has 0 fully saturated rings. The zero-order valence-corrected chi connectivity index (χ0v) is 13.8. The van der Waals surface area contributed by atoms with E-state index in [4.69, 9.17) is 9.47 Å². The molecule has 0 aliphatic heterocycles. The molecule has 0 saturated heterocycles. The number of anilines is 1. The molecule has 23 heavy (non-hydrogen) atoms. The summed E-state index contributed by atoms with van der Waals surface area (Å²) in [4.78, 5) is 45.4. The van der Waals surface area contributed by atoms with Crippen LogP contribution in [-0.2, 0) is 23.8 Å². The molecule has 0 unspecified atom stereocenters. The van der Waals surface area contributed by atoms with E-state index >= 15 is 0 Å². The molecule has 1 rings (SSSR count). The fraction of sp³-hybridized carbons (Fsp3) is 0.429. The third-order valence-corrected chi connectivity index (χ3v) is 3.52. The largest absolute Gasteiger partial charge is 0.465 e. The SMILES string of the molecule is CCOC(=O)c1c(C(=O)OC)csc1NCCOC(=O)C(C)=O. The van der Waals surface area contributed by atoms with Crippen molar-refractivity contribution < 1.29 is 33.4 Å². The minimum Gasteiger partial charge on any atom is -0.465 e. The molecule has 0 aliphatic carbocycles. The number of carbonyl (C=O) groups is 4. The van der Waals surface area contributed by atoms with Crippen LogP contribution in [0.1, 0.15) is 34.6 Å². The average molecular weight is 343 g/mol. The van der Waals surface area contributed by atoms with Gasteiger partial charge in [0.1, 0.15) is 17.2 Å². The highest BCUT2D eigenvalue weighted by Crippen LogP contribution is 2.29. The van der Waals surface area contributed by atoms with Crippen molar-refractivity contribution in [3.8, 4) is 0 Å². The Morgan fingerprint density at radius 2 is 1.87 bits per heavy atom. The van der Waals surface area contributed by atoms with Gasteiger partial charge in [-0.15, -0.1) is 11.3 Å². The van der Waals surface area contributed by atoms with Crippen LogP contribution in [0.2, 0.25) is 0 Å². The lowest BCUT2D eigenvalue weighted by Gasteiger charge is -2.08. The van der Waals surface area contributed by atoms with Gasteiger partial charge in [-0.25, -0.2) is 14.4 Å². The fourth-order valence-corrected chi connectivity index (χ4v) is 2.51. The second-order valence-electron chi connectivity index (χ2n) is 4.18. The number of hydrogen-bond donors (Lipinski definition) is 1. The summed E-state index contributed by atoms with van der Waals surface area (Å²) < 4.78 is 14.2. The Bertz CT molecular complexity index is 608. The quantitative estimate of drug-likeness (QED) is 0.325. The molecule has 0 atom stereocenters. The minimum absolute atomic E-state index is 0.0634. The standard InChI is InChI=1S/C14H17NO7S/c1-4-21-14(19)10-9(13(18)20-3)7-23-11(10)15-5-6-22-12(17)8(2)16/h7,15H,4-6H2,1-3H3. The monoisotopic (exact) mass is 343 g/mol. The predicted octanol–water partition coefficient (Wildman–Crippen LogP) is 1.26. The molecule has 0 radical (unpaired) electrons. The van der Waals surface area contributed by atoms with Gasteiger partial charge in [0.05, 0.1) is 19.3 Å². The van der Waals surface area contributed by atoms with Crippen molar-refractivity contribution >= 4 is 40.0 Å². The molecule has 1 heterocycles. The predicted molar refractivity (Wildman–Crippen MR) is 81.7 cm³/mol. The maximum absolute atomic E-state index is 12.0. The third-order valence-electron chi connectivity index (χ3n) is 2.58. The number of nitrogens with one attached hydrogen (secondary N) is 1. The molecule has 0 aliphatic rings. The Balaban J connectivity index is 2.80. The van der Waals surface area contributed by atoms with Gasteiger partial charge in [0.2, 0.25) is 5.78 Å². The summed E-state index contributed by atoms with van der Waals surface area (Å²) >= 11 is 1.12. The van der Waals surface area contributed by atoms with Crippen LogP contribution < -0.4 is 5.32 Å². The first-order valence-electron chi connectivity index (χ1n) is 6.70. The molecule has 126 valence electrons. The van der Waals surface area contributed by atoms with E-state index in [9.17, 15) is 19.2 Å². The van der Waals surface area contributed by atoms with E-state index in [0.29, 0.717) is 5.00 Å². The number of hydrogen-bond acceptors (Lipinski definition) is 9. The molecule has 1 N–H and O–H groups in total. The van der Waals surface area contributed by atoms with E-state index in [-0.39, 0.29) is 30.9 Å². The summed E-state index contributed by atoms with van der Waals surface area (Å²) in [5.74, 6) is -2.93. The summed E-state index contributed by atoms with van der Waals surface area (Å²) in [6.45, 7) is 3.01. The van der Waals surface area contributed by atoms with Crippen LogP contribution in [0.5, 0.6) is 0 Å². The van der Waals surface area contributed by atoms with Crippen LogP contribution in [0.3, 0.4) is 0 Å². The zero-order chi connectivity index (χ0) is 17.4. The van der Waals surface area contributed by atoms with Crippen molar-refractivity contribution in [3.05, 3.63) is 16.5 Å². The van der Waals surface area contributed by atoms with E-state index in [2.05, 4.69) is 10.1 Å². The lowest BCUT2D eigenvalue weighted by atomic mass is 10.2. The molecule has 9 heteroatoms. The van der Waals surface area contributed by atoms with Crippen molar-refractivity contribution in [1.82, 2.24) is 0 Å². The average Bonchev–Trinajstić information content (AvgIpc) is 2.94. The van der Waals surface area contributed by atoms with Crippen molar-refractivity contribution in [2.24, 2.45) is 0 Å². The number of ether oxygens (including phenoxy) is 3. The number of rotatable bonds is 8. The maximum Gasteiger partial charge on any atom is 0.374 e. The van der Waals surface area contributed by atoms with Gasteiger partial charge in [0.25, 0.3) is 0 Å². The highest BCUT2D eigenvalue weighted by atomic mass is 32.1. The van der Waals surface area contributed by atoms with Gasteiger partial charge in [-0.2, -0.15) is 0 Å². The molecule has 0 aromatic carbocycles. The molecule has 0 bridgehead atoms. The smallest absolute Gasteiger partial charge is 0.374 e. The first-order chi connectivity index (χ1) is 10.9. The molecule has 1 aromatic heterocycles. The van der Waals surface area contributed by atoms with Gasteiger partial charge >= 0.3 is 17.9 Å². The van der Waals surface area contributed by atoms with Crippen molar-refractivity contribution in [2.45, 2.75) is 13.8 Å². The van der Waals surface area contributed by atoms with Gasteiger partial charge in [-0.3, -0.25) is 4.79 Å². The second-order valence-corrected chi connectivity index (χ2v) is 5.06. The van der Waals surface area contributed by atoms with Gasteiger partial charge in [0.15, 0.2) is 0 Å². The Labute approximate surface area is 136 Å². The van der Waals surface area contributed by atoms with Crippen LogP contribution in [0, 0.1) is 0 Å². The van der Waals surface area contributed by atoms with Gasteiger partial charge in [-0.05, 0) is 6.92 Å².